The van der Waals surface area contributed by atoms with E-state index in [1.165, 1.54) is 0 Å². The fourth-order valence-corrected chi connectivity index (χ4v) is 3.52. The van der Waals surface area contributed by atoms with Gasteiger partial charge in [-0.3, -0.25) is 9.59 Å². The molecular formula is C26H25N3O4. The number of nitrogens with one attached hydrogen (secondary N) is 2. The Morgan fingerprint density at radius 1 is 0.970 bits per heavy atom. The predicted octanol–water partition coefficient (Wildman–Crippen LogP) is 3.98. The van der Waals surface area contributed by atoms with E-state index in [9.17, 15) is 9.59 Å². The monoisotopic (exact) mass is 443 g/mol. The van der Waals surface area contributed by atoms with E-state index in [0.29, 0.717) is 35.8 Å². The summed E-state index contributed by atoms with van der Waals surface area (Å²) in [6, 6.07) is 22.1. The number of para-hydroxylation sites is 2. The molecule has 0 radical (unpaired) electrons. The quantitative estimate of drug-likeness (QED) is 0.489. The van der Waals surface area contributed by atoms with Crippen LogP contribution in [0.25, 0.3) is 0 Å². The minimum absolute atomic E-state index is 0.0369. The highest BCUT2D eigenvalue weighted by molar-refractivity contribution is 6.01. The lowest BCUT2D eigenvalue weighted by Crippen LogP contribution is -2.36. The molecule has 0 aromatic heterocycles. The van der Waals surface area contributed by atoms with Crippen LogP contribution >= 0.6 is 0 Å². The molecule has 0 bridgehead atoms. The van der Waals surface area contributed by atoms with Gasteiger partial charge >= 0.3 is 0 Å². The van der Waals surface area contributed by atoms with Gasteiger partial charge in [-0.15, -0.1) is 6.58 Å². The van der Waals surface area contributed by atoms with E-state index in [2.05, 4.69) is 17.2 Å². The Bertz CT molecular complexity index is 1150. The standard InChI is InChI=1S/C26H25N3O4/c1-2-14-29(20-8-4-3-5-9-20)25(30)17-27-22-11-7-6-10-21(22)26(31)28-16-19-12-13-23-24(15-19)33-18-32-23/h2-13,15,27H,1,14,16-18H2,(H,28,31). The summed E-state index contributed by atoms with van der Waals surface area (Å²) in [6.45, 7) is 4.72. The van der Waals surface area contributed by atoms with Crippen LogP contribution in [0.3, 0.4) is 0 Å². The second-order valence-electron chi connectivity index (χ2n) is 7.40. The van der Waals surface area contributed by atoms with E-state index in [1.807, 2.05) is 54.6 Å². The van der Waals surface area contributed by atoms with E-state index < -0.39 is 0 Å². The van der Waals surface area contributed by atoms with Crippen LogP contribution < -0.4 is 25.0 Å². The Hall–Kier alpha value is -4.26. The van der Waals surface area contributed by atoms with Crippen molar-refractivity contribution in [2.75, 3.05) is 30.1 Å². The van der Waals surface area contributed by atoms with Gasteiger partial charge in [0.25, 0.3) is 5.91 Å². The maximum atomic E-state index is 12.9. The van der Waals surface area contributed by atoms with Crippen LogP contribution in [0.5, 0.6) is 11.5 Å². The molecule has 0 saturated carbocycles. The zero-order chi connectivity index (χ0) is 23.0. The van der Waals surface area contributed by atoms with Crippen LogP contribution in [-0.4, -0.2) is 31.7 Å². The fraction of sp³-hybridized carbons (Fsp3) is 0.154. The van der Waals surface area contributed by atoms with Gasteiger partial charge in [-0.2, -0.15) is 0 Å². The molecular weight excluding hydrogens is 418 g/mol. The van der Waals surface area contributed by atoms with Gasteiger partial charge in [0.05, 0.1) is 12.1 Å². The average Bonchev–Trinajstić information content (AvgIpc) is 3.33. The molecule has 2 N–H and O–H groups in total. The van der Waals surface area contributed by atoms with E-state index in [-0.39, 0.29) is 25.2 Å². The third kappa shape index (κ3) is 5.33. The Kier molecular flexibility index (Phi) is 6.90. The van der Waals surface area contributed by atoms with Gasteiger partial charge in [-0.1, -0.05) is 42.5 Å². The molecule has 33 heavy (non-hydrogen) atoms. The van der Waals surface area contributed by atoms with Crippen molar-refractivity contribution in [1.29, 1.82) is 0 Å². The van der Waals surface area contributed by atoms with Crippen molar-refractivity contribution in [3.8, 4) is 11.5 Å². The van der Waals surface area contributed by atoms with E-state index in [1.54, 1.807) is 29.2 Å². The minimum atomic E-state index is -0.241. The smallest absolute Gasteiger partial charge is 0.253 e. The number of nitrogens with zero attached hydrogens (tertiary/aromatic N) is 1. The lowest BCUT2D eigenvalue weighted by atomic mass is 10.1. The molecule has 168 valence electrons. The molecule has 3 aromatic carbocycles. The van der Waals surface area contributed by atoms with Gasteiger partial charge in [0.2, 0.25) is 12.7 Å². The van der Waals surface area contributed by atoms with Crippen molar-refractivity contribution in [2.45, 2.75) is 6.54 Å². The third-order valence-electron chi connectivity index (χ3n) is 5.17. The first kappa shape index (κ1) is 22.0. The summed E-state index contributed by atoms with van der Waals surface area (Å²) < 4.78 is 10.7. The summed E-state index contributed by atoms with van der Waals surface area (Å²) in [6.07, 6.45) is 1.68. The summed E-state index contributed by atoms with van der Waals surface area (Å²) in [5.74, 6) is 1.00. The lowest BCUT2D eigenvalue weighted by Gasteiger charge is -2.22. The van der Waals surface area contributed by atoms with Gasteiger partial charge in [0.15, 0.2) is 11.5 Å². The van der Waals surface area contributed by atoms with Crippen molar-refractivity contribution in [1.82, 2.24) is 5.32 Å². The first-order chi connectivity index (χ1) is 16.2. The number of carbonyl (C=O) groups excluding carboxylic acids is 2. The fourth-order valence-electron chi connectivity index (χ4n) is 3.52. The third-order valence-corrected chi connectivity index (χ3v) is 5.17. The minimum Gasteiger partial charge on any atom is -0.454 e. The summed E-state index contributed by atoms with van der Waals surface area (Å²) >= 11 is 0. The maximum absolute atomic E-state index is 12.9. The van der Waals surface area contributed by atoms with Crippen molar-refractivity contribution in [2.24, 2.45) is 0 Å². The highest BCUT2D eigenvalue weighted by atomic mass is 16.7. The second-order valence-corrected chi connectivity index (χ2v) is 7.40. The Morgan fingerprint density at radius 2 is 1.73 bits per heavy atom. The Morgan fingerprint density at radius 3 is 2.55 bits per heavy atom. The van der Waals surface area contributed by atoms with Crippen molar-refractivity contribution in [3.63, 3.8) is 0 Å². The molecule has 7 nitrogen and oxygen atoms in total. The molecule has 1 aliphatic rings. The van der Waals surface area contributed by atoms with Gasteiger partial charge in [-0.05, 0) is 42.0 Å². The number of hydrogen-bond donors (Lipinski definition) is 2. The molecule has 0 fully saturated rings. The van der Waals surface area contributed by atoms with Gasteiger partial charge in [0.1, 0.15) is 0 Å². The SMILES string of the molecule is C=CCN(C(=O)CNc1ccccc1C(=O)NCc1ccc2c(c1)OCO2)c1ccccc1. The van der Waals surface area contributed by atoms with Crippen LogP contribution in [0, 0.1) is 0 Å². The number of benzene rings is 3. The normalized spacial score (nSPS) is 11.5. The molecule has 3 aromatic rings. The van der Waals surface area contributed by atoms with Crippen LogP contribution in [0.15, 0.2) is 85.5 Å². The Labute approximate surface area is 192 Å². The van der Waals surface area contributed by atoms with Crippen LogP contribution in [-0.2, 0) is 11.3 Å². The molecule has 0 aliphatic carbocycles. The average molecular weight is 444 g/mol. The second kappa shape index (κ2) is 10.4. The van der Waals surface area contributed by atoms with Crippen molar-refractivity contribution < 1.29 is 19.1 Å². The van der Waals surface area contributed by atoms with E-state index >= 15 is 0 Å². The first-order valence-corrected chi connectivity index (χ1v) is 10.6. The summed E-state index contributed by atoms with van der Waals surface area (Å²) in [4.78, 5) is 27.4. The lowest BCUT2D eigenvalue weighted by molar-refractivity contribution is -0.116. The molecule has 0 unspecified atom stereocenters. The van der Waals surface area contributed by atoms with Gasteiger partial charge in [0, 0.05) is 24.5 Å². The number of hydrogen-bond acceptors (Lipinski definition) is 5. The van der Waals surface area contributed by atoms with Crippen molar-refractivity contribution >= 4 is 23.2 Å². The highest BCUT2D eigenvalue weighted by Gasteiger charge is 2.17. The van der Waals surface area contributed by atoms with Crippen LogP contribution in [0.1, 0.15) is 15.9 Å². The number of rotatable bonds is 9. The van der Waals surface area contributed by atoms with Crippen molar-refractivity contribution in [3.05, 3.63) is 96.6 Å². The summed E-state index contributed by atoms with van der Waals surface area (Å²) in [5.41, 5.74) is 2.73. The number of carbonyl (C=O) groups is 2. The zero-order valence-electron chi connectivity index (χ0n) is 18.1. The molecule has 0 saturated heterocycles. The van der Waals surface area contributed by atoms with Crippen LogP contribution in [0.4, 0.5) is 11.4 Å². The predicted molar refractivity (Wildman–Crippen MR) is 128 cm³/mol. The molecule has 0 atom stereocenters. The molecule has 7 heteroatoms. The highest BCUT2D eigenvalue weighted by Crippen LogP contribution is 2.32. The summed E-state index contributed by atoms with van der Waals surface area (Å²) in [7, 11) is 0. The van der Waals surface area contributed by atoms with E-state index in [0.717, 1.165) is 11.3 Å². The topological polar surface area (TPSA) is 79.9 Å². The molecule has 4 rings (SSSR count). The number of anilines is 2. The number of fused-ring (bicyclic) bond motifs is 1. The van der Waals surface area contributed by atoms with Crippen LogP contribution in [0.2, 0.25) is 0 Å². The maximum Gasteiger partial charge on any atom is 0.253 e. The Balaban J connectivity index is 1.40. The summed E-state index contributed by atoms with van der Waals surface area (Å²) in [5, 5.41) is 6.03. The number of ether oxygens (including phenoxy) is 2. The van der Waals surface area contributed by atoms with Gasteiger partial charge < -0.3 is 25.0 Å². The van der Waals surface area contributed by atoms with Gasteiger partial charge in [-0.25, -0.2) is 0 Å². The molecule has 1 heterocycles. The molecule has 2 amide bonds. The molecule has 0 spiro atoms. The number of amides is 2. The largest absolute Gasteiger partial charge is 0.454 e. The first-order valence-electron chi connectivity index (χ1n) is 10.6. The van der Waals surface area contributed by atoms with E-state index in [4.69, 9.17) is 9.47 Å². The molecule has 1 aliphatic heterocycles. The zero-order valence-corrected chi connectivity index (χ0v) is 18.1.